The quantitative estimate of drug-likeness (QED) is 0.430. The van der Waals surface area contributed by atoms with Gasteiger partial charge in [-0.15, -0.1) is 0 Å². The minimum absolute atomic E-state index is 0.0102. The smallest absolute Gasteiger partial charge is 0.233 e. The zero-order valence-corrected chi connectivity index (χ0v) is 13.7. The third-order valence-corrected chi connectivity index (χ3v) is 4.84. The van der Waals surface area contributed by atoms with Crippen molar-refractivity contribution >= 4 is 19.7 Å². The molecule has 0 aromatic rings. The van der Waals surface area contributed by atoms with Gasteiger partial charge < -0.3 is 14.2 Å². The molecule has 5 nitrogen and oxygen atoms in total. The van der Waals surface area contributed by atoms with Gasteiger partial charge >= 0.3 is 0 Å². The number of rotatable bonds is 11. The maximum Gasteiger partial charge on any atom is 0.233 e. The van der Waals surface area contributed by atoms with Gasteiger partial charge in [0.25, 0.3) is 0 Å². The Labute approximate surface area is 126 Å². The van der Waals surface area contributed by atoms with Crippen molar-refractivity contribution in [2.75, 3.05) is 45.9 Å². The molecule has 1 fully saturated rings. The van der Waals surface area contributed by atoms with Gasteiger partial charge in [0.15, 0.2) is 0 Å². The lowest BCUT2D eigenvalue weighted by Gasteiger charge is -2.27. The second-order valence-corrected chi connectivity index (χ2v) is 8.18. The lowest BCUT2D eigenvalue weighted by atomic mass is 9.90. The summed E-state index contributed by atoms with van der Waals surface area (Å²) in [6.45, 7) is 2.79. The predicted octanol–water partition coefficient (Wildman–Crippen LogP) is 2.19. The van der Waals surface area contributed by atoms with E-state index in [2.05, 4.69) is 0 Å². The first-order valence-corrected chi connectivity index (χ1v) is 9.52. The minimum Gasteiger partial charge on any atom is -0.385 e. The van der Waals surface area contributed by atoms with Crippen LogP contribution in [0.1, 0.15) is 32.1 Å². The molecule has 0 atom stereocenters. The van der Waals surface area contributed by atoms with Crippen LogP contribution in [-0.2, 0) is 23.3 Å². The molecule has 1 saturated carbocycles. The Morgan fingerprint density at radius 3 is 2.30 bits per heavy atom. The van der Waals surface area contributed by atoms with Crippen LogP contribution < -0.4 is 0 Å². The van der Waals surface area contributed by atoms with E-state index in [0.29, 0.717) is 33.0 Å². The van der Waals surface area contributed by atoms with Crippen LogP contribution in [0.4, 0.5) is 0 Å². The van der Waals surface area contributed by atoms with E-state index in [9.17, 15) is 8.42 Å². The normalized spacial score (nSPS) is 18.5. The summed E-state index contributed by atoms with van der Waals surface area (Å²) in [7, 11) is 3.58. The lowest BCUT2D eigenvalue weighted by Crippen LogP contribution is -2.31. The van der Waals surface area contributed by atoms with Crippen molar-refractivity contribution in [3.8, 4) is 0 Å². The molecule has 0 heterocycles. The summed E-state index contributed by atoms with van der Waals surface area (Å²) in [5, 5.41) is 0. The predicted molar refractivity (Wildman–Crippen MR) is 78.7 cm³/mol. The maximum absolute atomic E-state index is 11.3. The van der Waals surface area contributed by atoms with Crippen molar-refractivity contribution in [2.24, 2.45) is 5.41 Å². The highest BCUT2D eigenvalue weighted by molar-refractivity contribution is 8.13. The van der Waals surface area contributed by atoms with Gasteiger partial charge in [-0.2, -0.15) is 0 Å². The van der Waals surface area contributed by atoms with Crippen molar-refractivity contribution < 1.29 is 22.6 Å². The van der Waals surface area contributed by atoms with Crippen LogP contribution in [-0.4, -0.2) is 54.3 Å². The average Bonchev–Trinajstić information content (AvgIpc) is 2.79. The Morgan fingerprint density at radius 1 is 1.05 bits per heavy atom. The molecule has 0 bridgehead atoms. The van der Waals surface area contributed by atoms with Crippen molar-refractivity contribution in [3.63, 3.8) is 0 Å². The fourth-order valence-corrected chi connectivity index (χ4v) is 4.43. The summed E-state index contributed by atoms with van der Waals surface area (Å²) in [6.07, 6.45) is 4.69. The minimum atomic E-state index is -3.48. The fraction of sp³-hybridized carbons (Fsp3) is 1.00. The van der Waals surface area contributed by atoms with Crippen LogP contribution in [0.3, 0.4) is 0 Å². The number of hydrogen-bond donors (Lipinski definition) is 0. The van der Waals surface area contributed by atoms with Crippen molar-refractivity contribution in [1.82, 2.24) is 0 Å². The van der Waals surface area contributed by atoms with E-state index in [4.69, 9.17) is 24.9 Å². The summed E-state index contributed by atoms with van der Waals surface area (Å²) >= 11 is 0. The molecule has 120 valence electrons. The SMILES string of the molecule is COCCCOCCOCC1(CS(=O)(=O)Cl)CCCC1. The third kappa shape index (κ3) is 7.78. The second kappa shape index (κ2) is 9.20. The van der Waals surface area contributed by atoms with E-state index in [1.807, 2.05) is 0 Å². The zero-order chi connectivity index (χ0) is 14.9. The van der Waals surface area contributed by atoms with Gasteiger partial charge in [0.1, 0.15) is 0 Å². The van der Waals surface area contributed by atoms with Gasteiger partial charge in [0.05, 0.1) is 25.6 Å². The van der Waals surface area contributed by atoms with Gasteiger partial charge in [0, 0.05) is 36.4 Å². The molecule has 20 heavy (non-hydrogen) atoms. The number of hydrogen-bond acceptors (Lipinski definition) is 5. The van der Waals surface area contributed by atoms with E-state index < -0.39 is 9.05 Å². The Hall–Kier alpha value is 0.120. The summed E-state index contributed by atoms with van der Waals surface area (Å²) < 4.78 is 38.5. The van der Waals surface area contributed by atoms with Crippen LogP contribution in [0.2, 0.25) is 0 Å². The molecule has 0 aromatic heterocycles. The van der Waals surface area contributed by atoms with E-state index in [0.717, 1.165) is 32.1 Å². The number of ether oxygens (including phenoxy) is 3. The molecule has 0 aliphatic heterocycles. The lowest BCUT2D eigenvalue weighted by molar-refractivity contribution is 0.00904. The molecular weight excluding hydrogens is 304 g/mol. The summed E-state index contributed by atoms with van der Waals surface area (Å²) in [5.74, 6) is 0.0102. The summed E-state index contributed by atoms with van der Waals surface area (Å²) in [4.78, 5) is 0. The van der Waals surface area contributed by atoms with Gasteiger partial charge in [-0.05, 0) is 19.3 Å². The molecule has 1 rings (SSSR count). The van der Waals surface area contributed by atoms with Crippen LogP contribution in [0.5, 0.6) is 0 Å². The first kappa shape index (κ1) is 18.2. The second-order valence-electron chi connectivity index (χ2n) is 5.40. The first-order valence-electron chi connectivity index (χ1n) is 7.04. The van der Waals surface area contributed by atoms with E-state index >= 15 is 0 Å². The largest absolute Gasteiger partial charge is 0.385 e. The van der Waals surface area contributed by atoms with Crippen LogP contribution in [0.25, 0.3) is 0 Å². The monoisotopic (exact) mass is 328 g/mol. The Balaban J connectivity index is 2.17. The fourth-order valence-electron chi connectivity index (χ4n) is 2.63. The van der Waals surface area contributed by atoms with E-state index in [1.165, 1.54) is 0 Å². The Morgan fingerprint density at radius 2 is 1.70 bits per heavy atom. The molecule has 0 saturated heterocycles. The van der Waals surface area contributed by atoms with Gasteiger partial charge in [-0.1, -0.05) is 12.8 Å². The highest BCUT2D eigenvalue weighted by Crippen LogP contribution is 2.40. The highest BCUT2D eigenvalue weighted by atomic mass is 35.7. The molecule has 7 heteroatoms. The average molecular weight is 329 g/mol. The maximum atomic E-state index is 11.3. The van der Waals surface area contributed by atoms with Crippen LogP contribution in [0.15, 0.2) is 0 Å². The first-order chi connectivity index (χ1) is 9.47. The van der Waals surface area contributed by atoms with Crippen molar-refractivity contribution in [2.45, 2.75) is 32.1 Å². The summed E-state index contributed by atoms with van der Waals surface area (Å²) in [5.41, 5.74) is -0.295. The highest BCUT2D eigenvalue weighted by Gasteiger charge is 2.38. The van der Waals surface area contributed by atoms with Crippen LogP contribution >= 0.6 is 10.7 Å². The van der Waals surface area contributed by atoms with E-state index in [1.54, 1.807) is 7.11 Å². The van der Waals surface area contributed by atoms with Crippen LogP contribution in [0, 0.1) is 5.41 Å². The molecule has 1 aliphatic carbocycles. The Bertz CT molecular complexity index is 352. The standard InChI is InChI=1S/C13H25ClO5S/c1-17-7-4-8-18-9-10-19-11-13(5-2-3-6-13)12-20(14,15)16/h2-12H2,1H3. The number of halogens is 1. The van der Waals surface area contributed by atoms with Gasteiger partial charge in [-0.25, -0.2) is 8.42 Å². The van der Waals surface area contributed by atoms with E-state index in [-0.39, 0.29) is 11.2 Å². The molecule has 0 unspecified atom stereocenters. The molecule has 0 amide bonds. The topological polar surface area (TPSA) is 61.8 Å². The van der Waals surface area contributed by atoms with Crippen molar-refractivity contribution in [3.05, 3.63) is 0 Å². The van der Waals surface area contributed by atoms with Crippen molar-refractivity contribution in [1.29, 1.82) is 0 Å². The third-order valence-electron chi connectivity index (χ3n) is 3.56. The molecule has 0 aromatic carbocycles. The van der Waals surface area contributed by atoms with Gasteiger partial charge in [0.2, 0.25) is 9.05 Å². The molecule has 0 N–H and O–H groups in total. The molecule has 0 radical (unpaired) electrons. The summed E-state index contributed by atoms with van der Waals surface area (Å²) in [6, 6.07) is 0. The van der Waals surface area contributed by atoms with Gasteiger partial charge in [-0.3, -0.25) is 0 Å². The number of methoxy groups -OCH3 is 1. The molecule has 0 spiro atoms. The molecular formula is C13H25ClO5S. The zero-order valence-electron chi connectivity index (χ0n) is 12.1. The molecule has 1 aliphatic rings. The Kier molecular flexibility index (Phi) is 8.36.